The van der Waals surface area contributed by atoms with Crippen LogP contribution in [0.3, 0.4) is 0 Å². The van der Waals surface area contributed by atoms with Crippen LogP contribution < -0.4 is 16.0 Å². The van der Waals surface area contributed by atoms with Gasteiger partial charge in [-0.2, -0.15) is 0 Å². The Morgan fingerprint density at radius 1 is 1.00 bits per heavy atom. The van der Waals surface area contributed by atoms with E-state index < -0.39 is 23.6 Å². The number of hydrogen-bond donors (Lipinski definition) is 3. The second kappa shape index (κ2) is 10.4. The zero-order chi connectivity index (χ0) is 26.7. The zero-order valence-corrected chi connectivity index (χ0v) is 21.1. The fourth-order valence-corrected chi connectivity index (χ4v) is 4.26. The molecule has 2 aromatic carbocycles. The summed E-state index contributed by atoms with van der Waals surface area (Å²) < 4.78 is 5.22. The molecule has 1 unspecified atom stereocenters. The number of imide groups is 1. The number of carbonyl (C=O) groups is 5. The van der Waals surface area contributed by atoms with Crippen LogP contribution in [-0.4, -0.2) is 46.3 Å². The van der Waals surface area contributed by atoms with Crippen LogP contribution in [0.15, 0.2) is 42.5 Å². The van der Waals surface area contributed by atoms with Crippen molar-refractivity contribution >= 4 is 29.7 Å². The van der Waals surface area contributed by atoms with E-state index in [1.807, 2.05) is 24.3 Å². The van der Waals surface area contributed by atoms with Gasteiger partial charge in [-0.05, 0) is 62.1 Å². The Morgan fingerprint density at radius 2 is 1.65 bits per heavy atom. The number of ether oxygens (including phenoxy) is 1. The Kier molecular flexibility index (Phi) is 7.28. The molecule has 2 aliphatic heterocycles. The lowest BCUT2D eigenvalue weighted by Crippen LogP contribution is -2.52. The minimum absolute atomic E-state index is 0.186. The highest BCUT2D eigenvalue weighted by Gasteiger charge is 2.39. The second-order valence-corrected chi connectivity index (χ2v) is 10.1. The van der Waals surface area contributed by atoms with Crippen LogP contribution in [0.4, 0.5) is 4.79 Å². The summed E-state index contributed by atoms with van der Waals surface area (Å²) >= 11 is 0. The molecule has 0 radical (unpaired) electrons. The highest BCUT2D eigenvalue weighted by atomic mass is 16.6. The number of rotatable bonds is 6. The van der Waals surface area contributed by atoms with E-state index in [2.05, 4.69) is 16.0 Å². The molecular formula is C27H30N4O6. The van der Waals surface area contributed by atoms with Gasteiger partial charge >= 0.3 is 6.09 Å². The molecule has 37 heavy (non-hydrogen) atoms. The standard InChI is InChI=1S/C27H30N4O6/c1-27(2,3)37-26(36)29-14-17-6-4-16(5-7-17)13-28-23(33)18-8-9-20-19(12-18)15-31(25(20)35)21-10-11-22(32)30-24(21)34/h4-9,12,21H,10-11,13-15H2,1-3H3,(H,28,33)(H,29,36)(H,30,32,34). The number of nitrogens with zero attached hydrogens (tertiary/aromatic N) is 1. The fourth-order valence-electron chi connectivity index (χ4n) is 4.26. The Balaban J connectivity index is 1.31. The van der Waals surface area contributed by atoms with Gasteiger partial charge in [0.15, 0.2) is 0 Å². The lowest BCUT2D eigenvalue weighted by atomic mass is 10.0. The van der Waals surface area contributed by atoms with Gasteiger partial charge in [0, 0.05) is 37.2 Å². The molecule has 2 heterocycles. The summed E-state index contributed by atoms with van der Waals surface area (Å²) in [7, 11) is 0. The quantitative estimate of drug-likeness (QED) is 0.515. The summed E-state index contributed by atoms with van der Waals surface area (Å²) in [6.45, 7) is 6.24. The average molecular weight is 507 g/mol. The molecule has 1 saturated heterocycles. The van der Waals surface area contributed by atoms with Crippen molar-refractivity contribution in [3.8, 4) is 0 Å². The summed E-state index contributed by atoms with van der Waals surface area (Å²) in [5, 5.41) is 7.85. The highest BCUT2D eigenvalue weighted by molar-refractivity contribution is 6.06. The maximum absolute atomic E-state index is 12.8. The minimum atomic E-state index is -0.697. The molecule has 0 bridgehead atoms. The Hall–Kier alpha value is -4.21. The normalized spacial score (nSPS) is 17.2. The van der Waals surface area contributed by atoms with E-state index in [4.69, 9.17) is 4.74 Å². The van der Waals surface area contributed by atoms with Crippen molar-refractivity contribution in [1.82, 2.24) is 20.9 Å². The minimum Gasteiger partial charge on any atom is -0.444 e. The van der Waals surface area contributed by atoms with Crippen LogP contribution in [0.2, 0.25) is 0 Å². The largest absolute Gasteiger partial charge is 0.444 e. The molecule has 4 rings (SSSR count). The predicted molar refractivity (Wildman–Crippen MR) is 133 cm³/mol. The molecule has 10 heteroatoms. The average Bonchev–Trinajstić information content (AvgIpc) is 3.16. The van der Waals surface area contributed by atoms with Crippen LogP contribution >= 0.6 is 0 Å². The van der Waals surface area contributed by atoms with E-state index in [9.17, 15) is 24.0 Å². The first kappa shape index (κ1) is 25.9. The maximum Gasteiger partial charge on any atom is 0.407 e. The Morgan fingerprint density at radius 3 is 2.27 bits per heavy atom. The van der Waals surface area contributed by atoms with Crippen molar-refractivity contribution in [3.63, 3.8) is 0 Å². The monoisotopic (exact) mass is 506 g/mol. The zero-order valence-electron chi connectivity index (χ0n) is 21.1. The van der Waals surface area contributed by atoms with E-state index in [1.54, 1.807) is 39.0 Å². The topological polar surface area (TPSA) is 134 Å². The SMILES string of the molecule is CC(C)(C)OC(=O)NCc1ccc(CNC(=O)c2ccc3c(c2)CN(C2CCC(=O)NC2=O)C3=O)cc1. The molecule has 3 N–H and O–H groups in total. The molecule has 1 atom stereocenters. The van der Waals surface area contributed by atoms with E-state index in [0.29, 0.717) is 29.8 Å². The first-order valence-electron chi connectivity index (χ1n) is 12.1. The number of piperidine rings is 1. The third-order valence-electron chi connectivity index (χ3n) is 6.10. The lowest BCUT2D eigenvalue weighted by molar-refractivity contribution is -0.136. The summed E-state index contributed by atoms with van der Waals surface area (Å²) in [5.41, 5.74) is 2.75. The Bertz CT molecular complexity index is 1250. The number of benzene rings is 2. The molecule has 0 aromatic heterocycles. The lowest BCUT2D eigenvalue weighted by Gasteiger charge is -2.29. The van der Waals surface area contributed by atoms with Crippen molar-refractivity contribution in [2.45, 2.75) is 64.9 Å². The molecule has 5 amide bonds. The van der Waals surface area contributed by atoms with Crippen molar-refractivity contribution in [3.05, 3.63) is 70.3 Å². The number of carbonyl (C=O) groups excluding carboxylic acids is 5. The van der Waals surface area contributed by atoms with Gasteiger partial charge in [-0.1, -0.05) is 24.3 Å². The third-order valence-corrected chi connectivity index (χ3v) is 6.10. The highest BCUT2D eigenvalue weighted by Crippen LogP contribution is 2.28. The number of alkyl carbamates (subject to hydrolysis) is 1. The summed E-state index contributed by atoms with van der Waals surface area (Å²) in [4.78, 5) is 62.5. The van der Waals surface area contributed by atoms with Crippen LogP contribution in [0.5, 0.6) is 0 Å². The van der Waals surface area contributed by atoms with Crippen molar-refractivity contribution < 1.29 is 28.7 Å². The first-order chi connectivity index (χ1) is 17.5. The number of hydrogen-bond acceptors (Lipinski definition) is 6. The van der Waals surface area contributed by atoms with Crippen LogP contribution in [0.25, 0.3) is 0 Å². The molecule has 1 fully saturated rings. The van der Waals surface area contributed by atoms with Gasteiger partial charge in [-0.25, -0.2) is 4.79 Å². The number of nitrogens with one attached hydrogen (secondary N) is 3. The third kappa shape index (κ3) is 6.32. The Labute approximate surface area is 214 Å². The second-order valence-electron chi connectivity index (χ2n) is 10.1. The van der Waals surface area contributed by atoms with E-state index in [0.717, 1.165) is 11.1 Å². The van der Waals surface area contributed by atoms with Gasteiger partial charge in [0.05, 0.1) is 0 Å². The van der Waals surface area contributed by atoms with Gasteiger partial charge < -0.3 is 20.3 Å². The van der Waals surface area contributed by atoms with Gasteiger partial charge in [0.1, 0.15) is 11.6 Å². The molecule has 10 nitrogen and oxygen atoms in total. The van der Waals surface area contributed by atoms with E-state index in [-0.39, 0.29) is 37.1 Å². The molecule has 2 aliphatic rings. The van der Waals surface area contributed by atoms with Crippen LogP contribution in [0.1, 0.15) is 71.0 Å². The maximum atomic E-state index is 12.8. The van der Waals surface area contributed by atoms with Gasteiger partial charge in [0.2, 0.25) is 11.8 Å². The van der Waals surface area contributed by atoms with Gasteiger partial charge in [-0.15, -0.1) is 0 Å². The predicted octanol–water partition coefficient (Wildman–Crippen LogP) is 2.40. The van der Waals surface area contributed by atoms with Crippen molar-refractivity contribution in [1.29, 1.82) is 0 Å². The number of amides is 5. The van der Waals surface area contributed by atoms with Crippen LogP contribution in [-0.2, 0) is 34.0 Å². The molecule has 0 saturated carbocycles. The molecule has 2 aromatic rings. The summed E-state index contributed by atoms with van der Waals surface area (Å²) in [5.74, 6) is -1.37. The molecule has 194 valence electrons. The summed E-state index contributed by atoms with van der Waals surface area (Å²) in [6, 6.07) is 11.6. The molecule has 0 spiro atoms. The number of fused-ring (bicyclic) bond motifs is 1. The van der Waals surface area contributed by atoms with E-state index in [1.165, 1.54) is 4.90 Å². The first-order valence-corrected chi connectivity index (χ1v) is 12.1. The molecule has 0 aliphatic carbocycles. The van der Waals surface area contributed by atoms with Gasteiger partial charge in [-0.3, -0.25) is 24.5 Å². The summed E-state index contributed by atoms with van der Waals surface area (Å²) in [6.07, 6.45) is -0.0148. The van der Waals surface area contributed by atoms with Crippen molar-refractivity contribution in [2.24, 2.45) is 0 Å². The van der Waals surface area contributed by atoms with Crippen molar-refractivity contribution in [2.75, 3.05) is 0 Å². The molecular weight excluding hydrogens is 476 g/mol. The van der Waals surface area contributed by atoms with Gasteiger partial charge in [0.25, 0.3) is 11.8 Å². The fraction of sp³-hybridized carbons (Fsp3) is 0.370. The van der Waals surface area contributed by atoms with Crippen LogP contribution in [0, 0.1) is 0 Å². The smallest absolute Gasteiger partial charge is 0.407 e. The van der Waals surface area contributed by atoms with E-state index >= 15 is 0 Å².